The Morgan fingerprint density at radius 2 is 2.04 bits per heavy atom. The van der Waals surface area contributed by atoms with Gasteiger partial charge in [0.1, 0.15) is 5.82 Å². The van der Waals surface area contributed by atoms with E-state index in [0.29, 0.717) is 13.0 Å². The lowest BCUT2D eigenvalue weighted by atomic mass is 9.90. The van der Waals surface area contributed by atoms with Crippen LogP contribution in [0.2, 0.25) is 0 Å². The van der Waals surface area contributed by atoms with Gasteiger partial charge < -0.3 is 9.88 Å². The standard InChI is InChI=1S/C23H18FN3O/c24-17-6-1-4-15(10-17)13-27-14-19-18(16-5-3-9-25-12-16)11-22(28)26-20-7-2-8-21(27)23(19)20/h1-10,12,14,18H,11,13H2,(H,26,28). The number of aromatic nitrogens is 2. The molecule has 0 radical (unpaired) electrons. The van der Waals surface area contributed by atoms with Gasteiger partial charge in [-0.1, -0.05) is 24.3 Å². The van der Waals surface area contributed by atoms with E-state index in [1.54, 1.807) is 18.3 Å². The van der Waals surface area contributed by atoms with Gasteiger partial charge in [0, 0.05) is 42.9 Å². The molecule has 1 aliphatic heterocycles. The van der Waals surface area contributed by atoms with E-state index in [9.17, 15) is 9.18 Å². The predicted molar refractivity (Wildman–Crippen MR) is 107 cm³/mol. The molecule has 3 heterocycles. The number of rotatable bonds is 3. The fourth-order valence-electron chi connectivity index (χ4n) is 4.09. The molecule has 0 aliphatic carbocycles. The Bertz CT molecular complexity index is 1180. The lowest BCUT2D eigenvalue weighted by molar-refractivity contribution is -0.116. The molecule has 0 spiro atoms. The van der Waals surface area contributed by atoms with Crippen molar-refractivity contribution in [2.75, 3.05) is 5.32 Å². The first-order chi connectivity index (χ1) is 13.7. The average molecular weight is 371 g/mol. The lowest BCUT2D eigenvalue weighted by Gasteiger charge is -2.13. The number of carbonyl (C=O) groups excluding carboxylic acids is 1. The second-order valence-corrected chi connectivity index (χ2v) is 7.13. The molecule has 2 aromatic carbocycles. The molecular formula is C23H18FN3O. The average Bonchev–Trinajstić information content (AvgIpc) is 2.98. The number of carbonyl (C=O) groups is 1. The first kappa shape index (κ1) is 16.7. The summed E-state index contributed by atoms with van der Waals surface area (Å²) in [5, 5.41) is 4.08. The van der Waals surface area contributed by atoms with Gasteiger partial charge in [0.05, 0.1) is 11.2 Å². The van der Waals surface area contributed by atoms with Crippen molar-refractivity contribution in [2.45, 2.75) is 18.9 Å². The molecule has 1 amide bonds. The fraction of sp³-hybridized carbons (Fsp3) is 0.130. The van der Waals surface area contributed by atoms with Gasteiger partial charge in [-0.2, -0.15) is 0 Å². The quantitative estimate of drug-likeness (QED) is 0.567. The van der Waals surface area contributed by atoms with Gasteiger partial charge in [0.2, 0.25) is 5.91 Å². The minimum Gasteiger partial charge on any atom is -0.343 e. The van der Waals surface area contributed by atoms with Crippen molar-refractivity contribution in [3.8, 4) is 0 Å². The summed E-state index contributed by atoms with van der Waals surface area (Å²) in [6.45, 7) is 0.561. The SMILES string of the molecule is O=C1CC(c2cccnc2)c2cn(Cc3cccc(F)c3)c3cccc(c23)N1. The minimum absolute atomic E-state index is 0.00534. The van der Waals surface area contributed by atoms with Crippen molar-refractivity contribution in [1.29, 1.82) is 0 Å². The van der Waals surface area contributed by atoms with Crippen molar-refractivity contribution in [3.63, 3.8) is 0 Å². The Hall–Kier alpha value is -3.47. The zero-order chi connectivity index (χ0) is 19.1. The van der Waals surface area contributed by atoms with Gasteiger partial charge in [-0.3, -0.25) is 9.78 Å². The fourth-order valence-corrected chi connectivity index (χ4v) is 4.09. The topological polar surface area (TPSA) is 46.9 Å². The molecule has 4 aromatic rings. The van der Waals surface area contributed by atoms with Crippen LogP contribution >= 0.6 is 0 Å². The molecule has 1 atom stereocenters. The smallest absolute Gasteiger partial charge is 0.225 e. The Kier molecular flexibility index (Phi) is 3.93. The molecule has 138 valence electrons. The number of hydrogen-bond donors (Lipinski definition) is 1. The zero-order valence-corrected chi connectivity index (χ0v) is 15.1. The third kappa shape index (κ3) is 2.85. The molecule has 28 heavy (non-hydrogen) atoms. The number of hydrogen-bond acceptors (Lipinski definition) is 2. The van der Waals surface area contributed by atoms with Gasteiger partial charge in [-0.05, 0) is 47.0 Å². The van der Waals surface area contributed by atoms with E-state index in [2.05, 4.69) is 21.1 Å². The number of nitrogens with zero attached hydrogens (tertiary/aromatic N) is 2. The third-order valence-corrected chi connectivity index (χ3v) is 5.30. The van der Waals surface area contributed by atoms with E-state index in [1.807, 2.05) is 42.6 Å². The van der Waals surface area contributed by atoms with Crippen LogP contribution in [0.3, 0.4) is 0 Å². The summed E-state index contributed by atoms with van der Waals surface area (Å²) in [4.78, 5) is 16.7. The lowest BCUT2D eigenvalue weighted by Crippen LogP contribution is -2.14. The molecule has 1 unspecified atom stereocenters. The Balaban J connectivity index is 1.69. The summed E-state index contributed by atoms with van der Waals surface area (Å²) in [5.74, 6) is -0.320. The van der Waals surface area contributed by atoms with E-state index in [0.717, 1.165) is 33.3 Å². The molecule has 5 rings (SSSR count). The van der Waals surface area contributed by atoms with Crippen LogP contribution in [0.15, 0.2) is 73.2 Å². The predicted octanol–water partition coefficient (Wildman–Crippen LogP) is 4.70. The molecule has 1 N–H and O–H groups in total. The van der Waals surface area contributed by atoms with Crippen molar-refractivity contribution < 1.29 is 9.18 Å². The molecule has 0 bridgehead atoms. The molecule has 1 aliphatic rings. The first-order valence-corrected chi connectivity index (χ1v) is 9.25. The van der Waals surface area contributed by atoms with Gasteiger partial charge in [0.25, 0.3) is 0 Å². The molecule has 0 fully saturated rings. The molecule has 0 saturated heterocycles. The summed E-state index contributed by atoms with van der Waals surface area (Å²) in [7, 11) is 0. The molecule has 5 heteroatoms. The summed E-state index contributed by atoms with van der Waals surface area (Å²) < 4.78 is 15.8. The molecule has 4 nitrogen and oxygen atoms in total. The third-order valence-electron chi connectivity index (χ3n) is 5.30. The zero-order valence-electron chi connectivity index (χ0n) is 15.1. The van der Waals surface area contributed by atoms with Crippen LogP contribution < -0.4 is 5.32 Å². The summed E-state index contributed by atoms with van der Waals surface area (Å²) >= 11 is 0. The highest BCUT2D eigenvalue weighted by Gasteiger charge is 2.27. The van der Waals surface area contributed by atoms with Gasteiger partial charge in [-0.25, -0.2) is 4.39 Å². The van der Waals surface area contributed by atoms with E-state index in [4.69, 9.17) is 0 Å². The Labute approximate surface area is 161 Å². The van der Waals surface area contributed by atoms with E-state index in [-0.39, 0.29) is 17.6 Å². The van der Waals surface area contributed by atoms with Crippen LogP contribution in [0.25, 0.3) is 10.9 Å². The summed E-state index contributed by atoms with van der Waals surface area (Å²) in [6.07, 6.45) is 6.01. The summed E-state index contributed by atoms with van der Waals surface area (Å²) in [6, 6.07) is 16.5. The molecule has 2 aromatic heterocycles. The van der Waals surface area contributed by atoms with Crippen LogP contribution in [0.4, 0.5) is 10.1 Å². The molecular weight excluding hydrogens is 353 g/mol. The largest absolute Gasteiger partial charge is 0.343 e. The summed E-state index contributed by atoms with van der Waals surface area (Å²) in [5.41, 5.74) is 4.84. The number of benzene rings is 2. The van der Waals surface area contributed by atoms with Crippen LogP contribution in [0, 0.1) is 5.82 Å². The van der Waals surface area contributed by atoms with Crippen LogP contribution in [0.5, 0.6) is 0 Å². The first-order valence-electron chi connectivity index (χ1n) is 9.25. The second-order valence-electron chi connectivity index (χ2n) is 7.13. The number of nitrogens with one attached hydrogen (secondary N) is 1. The highest BCUT2D eigenvalue weighted by Crippen LogP contribution is 2.40. The maximum Gasteiger partial charge on any atom is 0.225 e. The van der Waals surface area contributed by atoms with Crippen LogP contribution in [0.1, 0.15) is 29.0 Å². The van der Waals surface area contributed by atoms with Crippen LogP contribution in [-0.2, 0) is 11.3 Å². The number of halogens is 1. The number of amides is 1. The van der Waals surface area contributed by atoms with E-state index < -0.39 is 0 Å². The maximum absolute atomic E-state index is 13.6. The molecule has 0 saturated carbocycles. The minimum atomic E-state index is -0.239. The highest BCUT2D eigenvalue weighted by molar-refractivity contribution is 6.06. The van der Waals surface area contributed by atoms with Crippen molar-refractivity contribution >= 4 is 22.5 Å². The number of anilines is 1. The Morgan fingerprint density at radius 1 is 1.14 bits per heavy atom. The normalized spacial score (nSPS) is 16.0. The van der Waals surface area contributed by atoms with Crippen molar-refractivity contribution in [2.24, 2.45) is 0 Å². The van der Waals surface area contributed by atoms with Crippen molar-refractivity contribution in [1.82, 2.24) is 9.55 Å². The van der Waals surface area contributed by atoms with Crippen molar-refractivity contribution in [3.05, 3.63) is 95.7 Å². The van der Waals surface area contributed by atoms with E-state index >= 15 is 0 Å². The van der Waals surface area contributed by atoms with E-state index in [1.165, 1.54) is 6.07 Å². The monoisotopic (exact) mass is 371 g/mol. The van der Waals surface area contributed by atoms with Gasteiger partial charge in [0.15, 0.2) is 0 Å². The van der Waals surface area contributed by atoms with Gasteiger partial charge >= 0.3 is 0 Å². The number of pyridine rings is 1. The van der Waals surface area contributed by atoms with Gasteiger partial charge in [-0.15, -0.1) is 0 Å². The maximum atomic E-state index is 13.6. The second kappa shape index (κ2) is 6.60. The Morgan fingerprint density at radius 3 is 2.86 bits per heavy atom. The van der Waals surface area contributed by atoms with Crippen LogP contribution in [-0.4, -0.2) is 15.5 Å². The highest BCUT2D eigenvalue weighted by atomic mass is 19.1.